The monoisotopic (exact) mass is 341 g/mol. The number of piperidine rings is 1. The first-order valence-electron chi connectivity index (χ1n) is 6.86. The second-order valence-electron chi connectivity index (χ2n) is 5.15. The highest BCUT2D eigenvalue weighted by Crippen LogP contribution is 2.35. The smallest absolute Gasteiger partial charge is 0.320 e. The Morgan fingerprint density at radius 3 is 2.90 bits per heavy atom. The molecule has 20 heavy (non-hydrogen) atoms. The molecule has 1 heterocycles. The summed E-state index contributed by atoms with van der Waals surface area (Å²) < 4.78 is 6.39. The van der Waals surface area contributed by atoms with Crippen LogP contribution in [0.15, 0.2) is 22.7 Å². The second kappa shape index (κ2) is 6.59. The molecular formula is C15H20BrNO3. The molecule has 0 spiro atoms. The van der Waals surface area contributed by atoms with Crippen molar-refractivity contribution in [3.8, 4) is 5.75 Å². The zero-order chi connectivity index (χ0) is 14.7. The van der Waals surface area contributed by atoms with Crippen molar-refractivity contribution in [3.05, 3.63) is 28.2 Å². The molecule has 0 amide bonds. The van der Waals surface area contributed by atoms with E-state index in [1.807, 2.05) is 25.1 Å². The molecule has 2 atom stereocenters. The number of nitrogens with zero attached hydrogens (tertiary/aromatic N) is 1. The third-order valence-electron chi connectivity index (χ3n) is 3.97. The summed E-state index contributed by atoms with van der Waals surface area (Å²) in [7, 11) is 1.64. The van der Waals surface area contributed by atoms with Gasteiger partial charge in [0.2, 0.25) is 0 Å². The molecule has 0 aliphatic carbocycles. The van der Waals surface area contributed by atoms with Gasteiger partial charge in [0.15, 0.2) is 0 Å². The Morgan fingerprint density at radius 1 is 1.50 bits per heavy atom. The third kappa shape index (κ3) is 3.15. The fourth-order valence-electron chi connectivity index (χ4n) is 2.89. The largest absolute Gasteiger partial charge is 0.496 e. The van der Waals surface area contributed by atoms with Gasteiger partial charge in [-0.15, -0.1) is 0 Å². The Morgan fingerprint density at radius 2 is 2.25 bits per heavy atom. The van der Waals surface area contributed by atoms with E-state index >= 15 is 0 Å². The van der Waals surface area contributed by atoms with Crippen LogP contribution in [0.4, 0.5) is 0 Å². The lowest BCUT2D eigenvalue weighted by molar-refractivity contribution is -0.145. The maximum atomic E-state index is 11.4. The van der Waals surface area contributed by atoms with Crippen molar-refractivity contribution < 1.29 is 14.6 Å². The minimum Gasteiger partial charge on any atom is -0.496 e. The molecule has 0 radical (unpaired) electrons. The number of hydrogen-bond acceptors (Lipinski definition) is 3. The summed E-state index contributed by atoms with van der Waals surface area (Å²) in [5.74, 6) is 0.0703. The van der Waals surface area contributed by atoms with Crippen molar-refractivity contribution in [3.63, 3.8) is 0 Å². The Hall–Kier alpha value is -1.07. The molecule has 1 aromatic carbocycles. The number of rotatable bonds is 4. The molecule has 0 aromatic heterocycles. The summed E-state index contributed by atoms with van der Waals surface area (Å²) >= 11 is 3.47. The van der Waals surface area contributed by atoms with E-state index in [0.717, 1.165) is 41.6 Å². The molecule has 110 valence electrons. The number of aliphatic carboxylic acids is 1. The van der Waals surface area contributed by atoms with Crippen molar-refractivity contribution in [1.82, 2.24) is 4.90 Å². The molecule has 1 aliphatic heterocycles. The molecule has 2 rings (SSSR count). The zero-order valence-electron chi connectivity index (χ0n) is 11.8. The van der Waals surface area contributed by atoms with Crippen molar-refractivity contribution in [2.45, 2.75) is 38.3 Å². The number of carboxylic acids is 1. The summed E-state index contributed by atoms with van der Waals surface area (Å²) in [4.78, 5) is 13.5. The lowest BCUT2D eigenvalue weighted by Crippen LogP contribution is -2.45. The van der Waals surface area contributed by atoms with Gasteiger partial charge in [0, 0.05) is 16.1 Å². The topological polar surface area (TPSA) is 49.8 Å². The van der Waals surface area contributed by atoms with E-state index in [1.165, 1.54) is 0 Å². The first-order valence-corrected chi connectivity index (χ1v) is 7.66. The molecule has 1 fully saturated rings. The zero-order valence-corrected chi connectivity index (χ0v) is 13.4. The minimum atomic E-state index is -0.731. The van der Waals surface area contributed by atoms with Crippen LogP contribution in [0, 0.1) is 0 Å². The molecule has 2 unspecified atom stereocenters. The van der Waals surface area contributed by atoms with Crippen molar-refractivity contribution >= 4 is 21.9 Å². The number of methoxy groups -OCH3 is 1. The van der Waals surface area contributed by atoms with E-state index in [1.54, 1.807) is 7.11 Å². The Labute approximate surface area is 127 Å². The Bertz CT molecular complexity index is 492. The maximum absolute atomic E-state index is 11.4. The van der Waals surface area contributed by atoms with E-state index in [-0.39, 0.29) is 6.04 Å². The number of halogens is 1. The van der Waals surface area contributed by atoms with E-state index in [4.69, 9.17) is 4.74 Å². The normalized spacial score (nSPS) is 21.4. The summed E-state index contributed by atoms with van der Waals surface area (Å²) in [5.41, 5.74) is 1.02. The molecule has 1 N–H and O–H groups in total. The van der Waals surface area contributed by atoms with Gasteiger partial charge in [0.25, 0.3) is 0 Å². The standard InChI is InChI=1S/C15H20BrNO3/c1-10(12-9-11(16)6-7-14(12)20-2)17-8-4-3-5-13(17)15(18)19/h6-7,9-10,13H,3-5,8H2,1-2H3,(H,18,19). The lowest BCUT2D eigenvalue weighted by atomic mass is 9.96. The van der Waals surface area contributed by atoms with Gasteiger partial charge in [-0.2, -0.15) is 0 Å². The summed E-state index contributed by atoms with van der Waals surface area (Å²) in [6.45, 7) is 2.86. The third-order valence-corrected chi connectivity index (χ3v) is 4.46. The highest BCUT2D eigenvalue weighted by molar-refractivity contribution is 9.10. The van der Waals surface area contributed by atoms with Crippen LogP contribution in [0.3, 0.4) is 0 Å². The van der Waals surface area contributed by atoms with E-state index < -0.39 is 12.0 Å². The summed E-state index contributed by atoms with van der Waals surface area (Å²) in [6, 6.07) is 5.47. The predicted molar refractivity (Wildman–Crippen MR) is 81.1 cm³/mol. The van der Waals surface area contributed by atoms with E-state index in [2.05, 4.69) is 20.8 Å². The average molecular weight is 342 g/mol. The Kier molecular flexibility index (Phi) is 5.05. The number of ether oxygens (including phenoxy) is 1. The van der Waals surface area contributed by atoms with Crippen molar-refractivity contribution in [2.24, 2.45) is 0 Å². The maximum Gasteiger partial charge on any atom is 0.320 e. The van der Waals surface area contributed by atoms with Crippen LogP contribution in [0.1, 0.15) is 37.8 Å². The van der Waals surface area contributed by atoms with Crippen LogP contribution in [-0.2, 0) is 4.79 Å². The Balaban J connectivity index is 2.31. The second-order valence-corrected chi connectivity index (χ2v) is 6.07. The SMILES string of the molecule is COc1ccc(Br)cc1C(C)N1CCCCC1C(=O)O. The minimum absolute atomic E-state index is 0.0175. The van der Waals surface area contributed by atoms with Crippen LogP contribution >= 0.6 is 15.9 Å². The van der Waals surface area contributed by atoms with Crippen LogP contribution in [0.2, 0.25) is 0 Å². The van der Waals surface area contributed by atoms with Gasteiger partial charge in [0.1, 0.15) is 11.8 Å². The summed E-state index contributed by atoms with van der Waals surface area (Å²) in [6.07, 6.45) is 2.75. The molecule has 0 bridgehead atoms. The fraction of sp³-hybridized carbons (Fsp3) is 0.533. The van der Waals surface area contributed by atoms with Gasteiger partial charge in [0.05, 0.1) is 7.11 Å². The highest BCUT2D eigenvalue weighted by atomic mass is 79.9. The van der Waals surface area contributed by atoms with Crippen LogP contribution in [0.25, 0.3) is 0 Å². The molecule has 4 nitrogen and oxygen atoms in total. The van der Waals surface area contributed by atoms with E-state index in [0.29, 0.717) is 0 Å². The molecule has 5 heteroatoms. The molecule has 0 saturated carbocycles. The lowest BCUT2D eigenvalue weighted by Gasteiger charge is -2.38. The quantitative estimate of drug-likeness (QED) is 0.911. The van der Waals surface area contributed by atoms with Gasteiger partial charge in [-0.05, 0) is 44.5 Å². The number of hydrogen-bond donors (Lipinski definition) is 1. The van der Waals surface area contributed by atoms with Crippen LogP contribution in [0.5, 0.6) is 5.75 Å². The number of likely N-dealkylation sites (tertiary alicyclic amines) is 1. The summed E-state index contributed by atoms with van der Waals surface area (Å²) in [5, 5.41) is 9.40. The highest BCUT2D eigenvalue weighted by Gasteiger charge is 2.33. The van der Waals surface area contributed by atoms with Crippen molar-refractivity contribution in [1.29, 1.82) is 0 Å². The molecule has 1 saturated heterocycles. The predicted octanol–water partition coefficient (Wildman–Crippen LogP) is 3.46. The van der Waals surface area contributed by atoms with Gasteiger partial charge >= 0.3 is 5.97 Å². The fourth-order valence-corrected chi connectivity index (χ4v) is 3.27. The first-order chi connectivity index (χ1) is 9.54. The average Bonchev–Trinajstić information content (AvgIpc) is 2.46. The van der Waals surface area contributed by atoms with Crippen LogP contribution < -0.4 is 4.74 Å². The number of carbonyl (C=O) groups is 1. The van der Waals surface area contributed by atoms with Gasteiger partial charge in [-0.1, -0.05) is 22.4 Å². The molecule has 1 aliphatic rings. The van der Waals surface area contributed by atoms with Gasteiger partial charge in [-0.3, -0.25) is 9.69 Å². The van der Waals surface area contributed by atoms with Gasteiger partial charge in [-0.25, -0.2) is 0 Å². The molecular weight excluding hydrogens is 322 g/mol. The molecule has 1 aromatic rings. The number of carboxylic acid groups (broad SMARTS) is 1. The van der Waals surface area contributed by atoms with Gasteiger partial charge < -0.3 is 9.84 Å². The first kappa shape index (κ1) is 15.3. The van der Waals surface area contributed by atoms with Crippen LogP contribution in [-0.4, -0.2) is 35.7 Å². The van der Waals surface area contributed by atoms with E-state index in [9.17, 15) is 9.90 Å². The van der Waals surface area contributed by atoms with Crippen molar-refractivity contribution in [2.75, 3.05) is 13.7 Å². The number of benzene rings is 1.